The number of rotatable bonds is 6. The molecule has 0 unspecified atom stereocenters. The highest BCUT2D eigenvalue weighted by Gasteiger charge is 2.13. The molecule has 0 bridgehead atoms. The van der Waals surface area contributed by atoms with Gasteiger partial charge < -0.3 is 15.4 Å². The van der Waals surface area contributed by atoms with E-state index in [2.05, 4.69) is 15.6 Å². The monoisotopic (exact) mass is 379 g/mol. The number of aromatic nitrogens is 1. The third kappa shape index (κ3) is 4.70. The Hall–Kier alpha value is -3.74. The van der Waals surface area contributed by atoms with Crippen LogP contribution in [-0.2, 0) is 6.54 Å². The molecule has 6 nitrogen and oxygen atoms in total. The van der Waals surface area contributed by atoms with E-state index < -0.39 is 11.7 Å². The van der Waals surface area contributed by atoms with Crippen LogP contribution in [-0.4, -0.2) is 23.9 Å². The molecule has 2 N–H and O–H groups in total. The van der Waals surface area contributed by atoms with E-state index in [1.54, 1.807) is 7.11 Å². The zero-order chi connectivity index (χ0) is 19.9. The van der Waals surface area contributed by atoms with Crippen molar-refractivity contribution in [1.29, 1.82) is 0 Å². The average molecular weight is 379 g/mol. The van der Waals surface area contributed by atoms with E-state index in [-0.39, 0.29) is 18.1 Å². The van der Waals surface area contributed by atoms with Gasteiger partial charge in [-0.1, -0.05) is 18.2 Å². The van der Waals surface area contributed by atoms with Crippen LogP contribution >= 0.6 is 0 Å². The fourth-order valence-corrected chi connectivity index (χ4v) is 2.55. The highest BCUT2D eigenvalue weighted by Crippen LogP contribution is 2.17. The molecule has 0 saturated heterocycles. The van der Waals surface area contributed by atoms with Gasteiger partial charge in [0.25, 0.3) is 11.8 Å². The Morgan fingerprint density at radius 1 is 1.04 bits per heavy atom. The van der Waals surface area contributed by atoms with E-state index in [9.17, 15) is 14.0 Å². The van der Waals surface area contributed by atoms with Crippen molar-refractivity contribution in [2.45, 2.75) is 6.54 Å². The zero-order valence-corrected chi connectivity index (χ0v) is 15.1. The van der Waals surface area contributed by atoms with Gasteiger partial charge in [0.05, 0.1) is 7.11 Å². The van der Waals surface area contributed by atoms with E-state index in [0.717, 1.165) is 5.56 Å². The largest absolute Gasteiger partial charge is 0.496 e. The molecule has 2 amide bonds. The summed E-state index contributed by atoms with van der Waals surface area (Å²) in [7, 11) is 1.57. The van der Waals surface area contributed by atoms with E-state index in [1.807, 2.05) is 24.3 Å². The number of ether oxygens (including phenoxy) is 1. The lowest BCUT2D eigenvalue weighted by atomic mass is 10.1. The summed E-state index contributed by atoms with van der Waals surface area (Å²) in [5.41, 5.74) is 1.64. The second kappa shape index (κ2) is 8.77. The number of amides is 2. The van der Waals surface area contributed by atoms with Gasteiger partial charge in [-0.25, -0.2) is 4.39 Å². The highest BCUT2D eigenvalue weighted by atomic mass is 19.1. The molecule has 0 saturated carbocycles. The normalized spacial score (nSPS) is 10.2. The molecule has 2 aromatic carbocycles. The van der Waals surface area contributed by atoms with Crippen LogP contribution in [0.4, 0.5) is 10.1 Å². The van der Waals surface area contributed by atoms with Crippen molar-refractivity contribution in [2.75, 3.05) is 12.4 Å². The molecule has 142 valence electrons. The van der Waals surface area contributed by atoms with E-state index in [4.69, 9.17) is 4.74 Å². The second-order valence-electron chi connectivity index (χ2n) is 5.89. The molecule has 0 aliphatic carbocycles. The Labute approximate surface area is 161 Å². The Bertz CT molecular complexity index is 990. The van der Waals surface area contributed by atoms with Gasteiger partial charge in [0.1, 0.15) is 17.3 Å². The topological polar surface area (TPSA) is 80.3 Å². The number of pyridine rings is 1. The molecule has 0 aliphatic heterocycles. The van der Waals surface area contributed by atoms with Crippen molar-refractivity contribution in [2.24, 2.45) is 0 Å². The zero-order valence-electron chi connectivity index (χ0n) is 15.1. The van der Waals surface area contributed by atoms with E-state index >= 15 is 0 Å². The molecular formula is C21H18FN3O3. The van der Waals surface area contributed by atoms with Gasteiger partial charge in [-0.3, -0.25) is 14.6 Å². The predicted molar refractivity (Wildman–Crippen MR) is 103 cm³/mol. The number of hydrogen-bond acceptors (Lipinski definition) is 4. The molecule has 0 aliphatic rings. The summed E-state index contributed by atoms with van der Waals surface area (Å²) in [6, 6.07) is 15.7. The lowest BCUT2D eigenvalue weighted by Gasteiger charge is -2.10. The third-order valence-electron chi connectivity index (χ3n) is 3.99. The minimum Gasteiger partial charge on any atom is -0.496 e. The Morgan fingerprint density at radius 3 is 2.54 bits per heavy atom. The molecule has 3 aromatic rings. The summed E-state index contributed by atoms with van der Waals surface area (Å²) in [5.74, 6) is -0.558. The number of nitrogens with one attached hydrogen (secondary N) is 2. The number of methoxy groups -OCH3 is 1. The molecule has 0 spiro atoms. The number of halogens is 1. The lowest BCUT2D eigenvalue weighted by molar-refractivity contribution is 0.0950. The lowest BCUT2D eigenvalue weighted by Crippen LogP contribution is -2.24. The van der Waals surface area contributed by atoms with E-state index in [0.29, 0.717) is 17.0 Å². The third-order valence-corrected chi connectivity index (χ3v) is 3.99. The number of para-hydroxylation sites is 1. The summed E-state index contributed by atoms with van der Waals surface area (Å²) >= 11 is 0. The Kier molecular flexibility index (Phi) is 5.96. The SMILES string of the molecule is COc1ccccc1CNC(=O)c1ccnc(C(=O)Nc2ccc(F)cc2)c1. The van der Waals surface area contributed by atoms with Crippen molar-refractivity contribution in [1.82, 2.24) is 10.3 Å². The first-order chi connectivity index (χ1) is 13.6. The minimum atomic E-state index is -0.494. The summed E-state index contributed by atoms with van der Waals surface area (Å²) < 4.78 is 18.2. The standard InChI is InChI=1S/C21H18FN3O3/c1-28-19-5-3-2-4-15(19)13-24-20(26)14-10-11-23-18(12-14)21(27)25-17-8-6-16(22)7-9-17/h2-12H,13H2,1H3,(H,24,26)(H,25,27). The van der Waals surface area contributed by atoms with Crippen LogP contribution < -0.4 is 15.4 Å². The maximum atomic E-state index is 13.0. The summed E-state index contributed by atoms with van der Waals surface area (Å²) in [6.45, 7) is 0.280. The number of nitrogens with zero attached hydrogens (tertiary/aromatic N) is 1. The number of benzene rings is 2. The minimum absolute atomic E-state index is 0.0780. The molecule has 1 heterocycles. The van der Waals surface area contributed by atoms with Crippen LogP contribution in [0.2, 0.25) is 0 Å². The molecule has 3 rings (SSSR count). The van der Waals surface area contributed by atoms with Crippen LogP contribution in [0.25, 0.3) is 0 Å². The van der Waals surface area contributed by atoms with Crippen LogP contribution in [0, 0.1) is 5.82 Å². The molecule has 0 atom stereocenters. The fourth-order valence-electron chi connectivity index (χ4n) is 2.55. The van der Waals surface area contributed by atoms with E-state index in [1.165, 1.54) is 42.6 Å². The van der Waals surface area contributed by atoms with Gasteiger partial charge in [-0.15, -0.1) is 0 Å². The first-order valence-electron chi connectivity index (χ1n) is 8.50. The Morgan fingerprint density at radius 2 is 1.79 bits per heavy atom. The summed E-state index contributed by atoms with van der Waals surface area (Å²) in [6.07, 6.45) is 1.39. The van der Waals surface area contributed by atoms with Gasteiger partial charge in [0.2, 0.25) is 0 Å². The smallest absolute Gasteiger partial charge is 0.274 e. The predicted octanol–water partition coefficient (Wildman–Crippen LogP) is 3.41. The maximum Gasteiger partial charge on any atom is 0.274 e. The molecule has 0 fully saturated rings. The first-order valence-corrected chi connectivity index (χ1v) is 8.50. The highest BCUT2D eigenvalue weighted by molar-refractivity contribution is 6.04. The van der Waals surface area contributed by atoms with Crippen LogP contribution in [0.5, 0.6) is 5.75 Å². The number of anilines is 1. The molecule has 1 aromatic heterocycles. The van der Waals surface area contributed by atoms with Gasteiger partial charge >= 0.3 is 0 Å². The number of carbonyl (C=O) groups excluding carboxylic acids is 2. The van der Waals surface area contributed by atoms with Crippen LogP contribution in [0.3, 0.4) is 0 Å². The number of hydrogen-bond donors (Lipinski definition) is 2. The van der Waals surface area contributed by atoms with Gasteiger partial charge in [-0.05, 0) is 42.5 Å². The van der Waals surface area contributed by atoms with Gasteiger partial charge in [-0.2, -0.15) is 0 Å². The first kappa shape index (κ1) is 19.0. The molecule has 28 heavy (non-hydrogen) atoms. The van der Waals surface area contributed by atoms with Crippen molar-refractivity contribution < 1.29 is 18.7 Å². The molecule has 0 radical (unpaired) electrons. The average Bonchev–Trinajstić information content (AvgIpc) is 2.74. The fraction of sp³-hybridized carbons (Fsp3) is 0.0952. The molecule has 7 heteroatoms. The Balaban J connectivity index is 1.67. The van der Waals surface area contributed by atoms with Gasteiger partial charge in [0.15, 0.2) is 0 Å². The van der Waals surface area contributed by atoms with Crippen molar-refractivity contribution in [3.63, 3.8) is 0 Å². The van der Waals surface area contributed by atoms with Crippen LogP contribution in [0.1, 0.15) is 26.4 Å². The van der Waals surface area contributed by atoms with Crippen molar-refractivity contribution in [3.05, 3.63) is 89.5 Å². The van der Waals surface area contributed by atoms with Crippen LogP contribution in [0.15, 0.2) is 66.9 Å². The second-order valence-corrected chi connectivity index (χ2v) is 5.89. The maximum absolute atomic E-state index is 13.0. The van der Waals surface area contributed by atoms with Gasteiger partial charge in [0, 0.05) is 29.6 Å². The molecular weight excluding hydrogens is 361 g/mol. The number of carbonyl (C=O) groups is 2. The van der Waals surface area contributed by atoms with Crippen molar-refractivity contribution in [3.8, 4) is 5.75 Å². The summed E-state index contributed by atoms with van der Waals surface area (Å²) in [5, 5.41) is 5.40. The van der Waals surface area contributed by atoms with Crippen molar-refractivity contribution >= 4 is 17.5 Å². The quantitative estimate of drug-likeness (QED) is 0.688. The summed E-state index contributed by atoms with van der Waals surface area (Å²) in [4.78, 5) is 28.8.